The number of anilines is 1. The van der Waals surface area contributed by atoms with E-state index in [9.17, 15) is 14.4 Å². The topological polar surface area (TPSA) is 105 Å². The zero-order valence-electron chi connectivity index (χ0n) is 12.8. The molecule has 8 heteroatoms. The fourth-order valence-corrected chi connectivity index (χ4v) is 1.94. The number of benzene rings is 1. The van der Waals surface area contributed by atoms with Crippen molar-refractivity contribution >= 4 is 23.4 Å². The number of carbonyl (C=O) groups is 3. The minimum absolute atomic E-state index is 0.186. The number of rotatable bonds is 5. The van der Waals surface area contributed by atoms with Gasteiger partial charge in [0.05, 0.1) is 6.54 Å². The number of hydrogen-bond donors (Lipinski definition) is 3. The first kappa shape index (κ1) is 16.2. The molecule has 0 bridgehead atoms. The summed E-state index contributed by atoms with van der Waals surface area (Å²) < 4.78 is 1.42. The maximum absolute atomic E-state index is 11.9. The first-order chi connectivity index (χ1) is 11.0. The third-order valence-corrected chi connectivity index (χ3v) is 3.10. The van der Waals surface area contributed by atoms with Crippen LogP contribution in [0.1, 0.15) is 20.8 Å². The lowest BCUT2D eigenvalue weighted by molar-refractivity contribution is -0.115. The lowest BCUT2D eigenvalue weighted by Crippen LogP contribution is -2.33. The molecule has 0 spiro atoms. The van der Waals surface area contributed by atoms with E-state index in [2.05, 4.69) is 21.0 Å². The Bertz CT molecular complexity index is 738. The van der Waals surface area contributed by atoms with Crippen molar-refractivity contribution in [1.29, 1.82) is 0 Å². The molecular weight excluding hydrogens is 298 g/mol. The van der Waals surface area contributed by atoms with Crippen LogP contribution in [0, 0.1) is 0 Å². The second-order valence-electron chi connectivity index (χ2n) is 4.73. The molecule has 0 aliphatic carbocycles. The summed E-state index contributed by atoms with van der Waals surface area (Å²) in [6.07, 6.45) is 1.50. The SMILES string of the molecule is CNC(=O)c1cccc(NC(=O)CNC(=O)c2ccnn2C)c1. The summed E-state index contributed by atoms with van der Waals surface area (Å²) in [6.45, 7) is -0.186. The zero-order chi connectivity index (χ0) is 16.8. The van der Waals surface area contributed by atoms with Gasteiger partial charge in [-0.1, -0.05) is 6.07 Å². The Balaban J connectivity index is 1.91. The van der Waals surface area contributed by atoms with Crippen molar-refractivity contribution in [3.05, 3.63) is 47.8 Å². The summed E-state index contributed by atoms with van der Waals surface area (Å²) >= 11 is 0. The number of amides is 3. The van der Waals surface area contributed by atoms with Gasteiger partial charge in [-0.2, -0.15) is 5.10 Å². The lowest BCUT2D eigenvalue weighted by atomic mass is 10.2. The van der Waals surface area contributed by atoms with Gasteiger partial charge in [-0.15, -0.1) is 0 Å². The van der Waals surface area contributed by atoms with Crippen molar-refractivity contribution in [2.24, 2.45) is 7.05 Å². The Morgan fingerprint density at radius 3 is 2.61 bits per heavy atom. The van der Waals surface area contributed by atoms with E-state index in [1.54, 1.807) is 37.4 Å². The number of hydrogen-bond acceptors (Lipinski definition) is 4. The van der Waals surface area contributed by atoms with Gasteiger partial charge in [-0.3, -0.25) is 19.1 Å². The monoisotopic (exact) mass is 315 g/mol. The van der Waals surface area contributed by atoms with Crippen LogP contribution in [0.2, 0.25) is 0 Å². The lowest BCUT2D eigenvalue weighted by Gasteiger charge is -2.08. The Hall–Kier alpha value is -3.16. The van der Waals surface area contributed by atoms with Crippen LogP contribution in [-0.4, -0.2) is 41.1 Å². The highest BCUT2D eigenvalue weighted by atomic mass is 16.2. The summed E-state index contributed by atoms with van der Waals surface area (Å²) in [5.74, 6) is -1.03. The molecule has 2 aromatic rings. The largest absolute Gasteiger partial charge is 0.355 e. The van der Waals surface area contributed by atoms with Crippen LogP contribution in [0.25, 0.3) is 0 Å². The van der Waals surface area contributed by atoms with Crippen LogP contribution in [-0.2, 0) is 11.8 Å². The van der Waals surface area contributed by atoms with Crippen molar-refractivity contribution in [2.75, 3.05) is 18.9 Å². The molecule has 0 unspecified atom stereocenters. The zero-order valence-corrected chi connectivity index (χ0v) is 12.8. The maximum atomic E-state index is 11.9. The van der Waals surface area contributed by atoms with Gasteiger partial charge in [-0.05, 0) is 24.3 Å². The van der Waals surface area contributed by atoms with Gasteiger partial charge >= 0.3 is 0 Å². The standard InChI is InChI=1S/C15H17N5O3/c1-16-14(22)10-4-3-5-11(8-10)19-13(21)9-17-15(23)12-6-7-18-20(12)2/h3-8H,9H2,1-2H3,(H,16,22)(H,17,23)(H,19,21). The van der Waals surface area contributed by atoms with Gasteiger partial charge in [-0.25, -0.2) is 0 Å². The summed E-state index contributed by atoms with van der Waals surface area (Å²) in [5, 5.41) is 11.5. The van der Waals surface area contributed by atoms with E-state index >= 15 is 0 Å². The molecule has 2 rings (SSSR count). The van der Waals surface area contributed by atoms with E-state index in [0.29, 0.717) is 16.9 Å². The molecule has 0 saturated heterocycles. The molecule has 1 aromatic heterocycles. The molecule has 120 valence electrons. The summed E-state index contributed by atoms with van der Waals surface area (Å²) in [6, 6.07) is 8.07. The van der Waals surface area contributed by atoms with Crippen LogP contribution in [0.3, 0.4) is 0 Å². The quantitative estimate of drug-likeness (QED) is 0.730. The molecule has 8 nitrogen and oxygen atoms in total. The molecule has 1 aromatic carbocycles. The minimum Gasteiger partial charge on any atom is -0.355 e. The molecule has 23 heavy (non-hydrogen) atoms. The Labute approximate surface area is 132 Å². The molecule has 0 aliphatic heterocycles. The van der Waals surface area contributed by atoms with Gasteiger partial charge in [0.15, 0.2) is 0 Å². The highest BCUT2D eigenvalue weighted by molar-refractivity contribution is 6.00. The normalized spacial score (nSPS) is 10.0. The van der Waals surface area contributed by atoms with Crippen molar-refractivity contribution in [1.82, 2.24) is 20.4 Å². The van der Waals surface area contributed by atoms with Crippen molar-refractivity contribution < 1.29 is 14.4 Å². The molecule has 0 saturated carbocycles. The van der Waals surface area contributed by atoms with E-state index in [1.165, 1.54) is 17.9 Å². The number of carbonyl (C=O) groups excluding carboxylic acids is 3. The summed E-state index contributed by atoms with van der Waals surface area (Å²) in [5.41, 5.74) is 1.27. The highest BCUT2D eigenvalue weighted by Crippen LogP contribution is 2.10. The van der Waals surface area contributed by atoms with Gasteiger partial charge in [0.25, 0.3) is 11.8 Å². The average Bonchev–Trinajstić information content (AvgIpc) is 2.98. The predicted octanol–water partition coefficient (Wildman–Crippen LogP) is 0.148. The van der Waals surface area contributed by atoms with Crippen LogP contribution >= 0.6 is 0 Å². The third kappa shape index (κ3) is 4.16. The number of nitrogens with one attached hydrogen (secondary N) is 3. The first-order valence-corrected chi connectivity index (χ1v) is 6.89. The molecule has 3 amide bonds. The second kappa shape index (κ2) is 7.21. The van der Waals surface area contributed by atoms with Crippen molar-refractivity contribution in [3.8, 4) is 0 Å². The smallest absolute Gasteiger partial charge is 0.269 e. The van der Waals surface area contributed by atoms with Crippen LogP contribution in [0.5, 0.6) is 0 Å². The molecular formula is C15H17N5O3. The minimum atomic E-state index is -0.394. The van der Waals surface area contributed by atoms with Gasteiger partial charge in [0.2, 0.25) is 5.91 Å². The molecule has 0 fully saturated rings. The van der Waals surface area contributed by atoms with Crippen LogP contribution < -0.4 is 16.0 Å². The van der Waals surface area contributed by atoms with E-state index in [0.717, 1.165) is 0 Å². The fraction of sp³-hybridized carbons (Fsp3) is 0.200. The fourth-order valence-electron chi connectivity index (χ4n) is 1.94. The third-order valence-electron chi connectivity index (χ3n) is 3.10. The Kier molecular flexibility index (Phi) is 5.08. The van der Waals surface area contributed by atoms with Crippen LogP contribution in [0.4, 0.5) is 5.69 Å². The Morgan fingerprint density at radius 2 is 1.96 bits per heavy atom. The van der Waals surface area contributed by atoms with Crippen molar-refractivity contribution in [2.45, 2.75) is 0 Å². The van der Waals surface area contributed by atoms with Gasteiger partial charge < -0.3 is 16.0 Å². The summed E-state index contributed by atoms with van der Waals surface area (Å²) in [7, 11) is 3.17. The average molecular weight is 315 g/mol. The first-order valence-electron chi connectivity index (χ1n) is 6.89. The van der Waals surface area contributed by atoms with Gasteiger partial charge in [0.1, 0.15) is 5.69 Å². The molecule has 0 radical (unpaired) electrons. The number of nitrogens with zero attached hydrogens (tertiary/aromatic N) is 2. The second-order valence-corrected chi connectivity index (χ2v) is 4.73. The predicted molar refractivity (Wildman–Crippen MR) is 84.0 cm³/mol. The molecule has 0 atom stereocenters. The molecule has 0 aliphatic rings. The van der Waals surface area contributed by atoms with E-state index in [-0.39, 0.29) is 18.4 Å². The van der Waals surface area contributed by atoms with Crippen LogP contribution in [0.15, 0.2) is 36.5 Å². The molecule has 1 heterocycles. The Morgan fingerprint density at radius 1 is 1.17 bits per heavy atom. The van der Waals surface area contributed by atoms with E-state index < -0.39 is 5.91 Å². The van der Waals surface area contributed by atoms with Crippen molar-refractivity contribution in [3.63, 3.8) is 0 Å². The number of aromatic nitrogens is 2. The van der Waals surface area contributed by atoms with E-state index in [4.69, 9.17) is 0 Å². The summed E-state index contributed by atoms with van der Waals surface area (Å²) in [4.78, 5) is 35.3. The molecule has 3 N–H and O–H groups in total. The maximum Gasteiger partial charge on any atom is 0.269 e. The van der Waals surface area contributed by atoms with E-state index in [1.807, 2.05) is 0 Å². The number of aryl methyl sites for hydroxylation is 1. The highest BCUT2D eigenvalue weighted by Gasteiger charge is 2.12. The van der Waals surface area contributed by atoms with Gasteiger partial charge in [0, 0.05) is 31.5 Å².